The molecule has 0 unspecified atom stereocenters. The summed E-state index contributed by atoms with van der Waals surface area (Å²) in [6, 6.07) is 10.7. The Morgan fingerprint density at radius 3 is 2.45 bits per heavy atom. The van der Waals surface area contributed by atoms with Crippen molar-refractivity contribution in [3.63, 3.8) is 0 Å². The Balaban J connectivity index is 1.73. The van der Waals surface area contributed by atoms with Gasteiger partial charge in [-0.3, -0.25) is 19.3 Å². The van der Waals surface area contributed by atoms with Crippen LogP contribution in [0.2, 0.25) is 0 Å². The number of nitrogens with two attached hydrogens (primary N) is 2. The van der Waals surface area contributed by atoms with Gasteiger partial charge in [-0.15, -0.1) is 11.3 Å². The number of nitrogens with one attached hydrogen (secondary N) is 2. The second-order valence-corrected chi connectivity index (χ2v) is 11.5. The monoisotopic (exact) mass is 617 g/mol. The minimum Gasteiger partial charge on any atom is -0.493 e. The van der Waals surface area contributed by atoms with Gasteiger partial charge in [0.05, 0.1) is 24.8 Å². The molecule has 3 rings (SSSR count). The van der Waals surface area contributed by atoms with Crippen LogP contribution in [0.5, 0.6) is 11.5 Å². The molecule has 2 aromatic carbocycles. The molecule has 13 nitrogen and oxygen atoms in total. The smallest absolute Gasteiger partial charge is 0.326 e. The fraction of sp³-hybridized carbons (Fsp3) is 0.259. The number of sulfonamides is 1. The number of nitrogens with zero attached hydrogens (tertiary/aromatic N) is 1. The summed E-state index contributed by atoms with van der Waals surface area (Å²) in [6.45, 7) is 0.182. The van der Waals surface area contributed by atoms with Gasteiger partial charge in [-0.25, -0.2) is 13.2 Å². The van der Waals surface area contributed by atoms with Crippen LogP contribution < -0.4 is 31.0 Å². The zero-order chi connectivity index (χ0) is 30.9. The molecule has 1 amide bonds. The fourth-order valence-electron chi connectivity index (χ4n) is 3.87. The number of carboxylic acids is 1. The number of rotatable bonds is 15. The first-order valence-corrected chi connectivity index (χ1v) is 14.8. The summed E-state index contributed by atoms with van der Waals surface area (Å²) < 4.78 is 39.3. The van der Waals surface area contributed by atoms with Gasteiger partial charge in [-0.2, -0.15) is 0 Å². The maximum Gasteiger partial charge on any atom is 0.326 e. The number of guanidine groups is 1. The van der Waals surface area contributed by atoms with Crippen LogP contribution in [0, 0.1) is 0 Å². The highest BCUT2D eigenvalue weighted by atomic mass is 32.2. The van der Waals surface area contributed by atoms with Crippen molar-refractivity contribution in [3.8, 4) is 11.5 Å². The van der Waals surface area contributed by atoms with Crippen molar-refractivity contribution in [2.45, 2.75) is 30.2 Å². The number of ether oxygens (including phenoxy) is 2. The van der Waals surface area contributed by atoms with Gasteiger partial charge in [0.1, 0.15) is 10.9 Å². The first-order chi connectivity index (χ1) is 19.9. The molecule has 0 saturated heterocycles. The van der Waals surface area contributed by atoms with Gasteiger partial charge in [-0.05, 0) is 54.1 Å². The van der Waals surface area contributed by atoms with Crippen molar-refractivity contribution < 1.29 is 37.4 Å². The third-order valence-corrected chi connectivity index (χ3v) is 8.22. The fourth-order valence-corrected chi connectivity index (χ4v) is 5.80. The first kappa shape index (κ1) is 31.9. The number of amides is 1. The number of methoxy groups -OCH3 is 2. The zero-order valence-corrected chi connectivity index (χ0v) is 24.5. The van der Waals surface area contributed by atoms with E-state index >= 15 is 0 Å². The Hall–Kier alpha value is -4.63. The van der Waals surface area contributed by atoms with Crippen molar-refractivity contribution >= 4 is 50.7 Å². The van der Waals surface area contributed by atoms with E-state index in [2.05, 4.69) is 15.0 Å². The van der Waals surface area contributed by atoms with Gasteiger partial charge in [0, 0.05) is 18.5 Å². The number of carboxylic acid groups (broad SMARTS) is 1. The minimum absolute atomic E-state index is 0.0111. The number of aliphatic carboxylic acids is 1. The molecule has 0 spiro atoms. The Labute approximate surface area is 246 Å². The lowest BCUT2D eigenvalue weighted by Gasteiger charge is -2.15. The molecule has 0 aliphatic heterocycles. The van der Waals surface area contributed by atoms with Gasteiger partial charge < -0.3 is 31.4 Å². The molecular formula is C27H31N5O8S2. The number of anilines is 1. The summed E-state index contributed by atoms with van der Waals surface area (Å²) in [4.78, 5) is 41.1. The number of carbonyl (C=O) groups is 3. The molecule has 42 heavy (non-hydrogen) atoms. The van der Waals surface area contributed by atoms with E-state index in [1.807, 2.05) is 0 Å². The Bertz CT molecular complexity index is 1580. The van der Waals surface area contributed by atoms with Gasteiger partial charge >= 0.3 is 5.97 Å². The third kappa shape index (κ3) is 8.44. The van der Waals surface area contributed by atoms with Crippen LogP contribution in [0.1, 0.15) is 38.4 Å². The van der Waals surface area contributed by atoms with Crippen LogP contribution in [-0.2, 0) is 21.2 Å². The van der Waals surface area contributed by atoms with E-state index in [9.17, 15) is 27.9 Å². The molecule has 1 atom stereocenters. The number of aliphatic imine (C=N–C) groups is 1. The lowest BCUT2D eigenvalue weighted by atomic mass is 10.0. The minimum atomic E-state index is -4.23. The molecule has 224 valence electrons. The molecular weight excluding hydrogens is 586 g/mol. The maximum atomic E-state index is 13.2. The van der Waals surface area contributed by atoms with E-state index in [-0.39, 0.29) is 52.2 Å². The number of hydrogen-bond acceptors (Lipinski definition) is 9. The normalized spacial score (nSPS) is 11.7. The predicted molar refractivity (Wildman–Crippen MR) is 158 cm³/mol. The van der Waals surface area contributed by atoms with Crippen LogP contribution in [-0.4, -0.2) is 63.9 Å². The quantitative estimate of drug-likeness (QED) is 0.0726. The van der Waals surface area contributed by atoms with Crippen LogP contribution >= 0.6 is 11.3 Å². The third-order valence-electron chi connectivity index (χ3n) is 5.94. The number of hydrogen-bond donors (Lipinski definition) is 5. The van der Waals surface area contributed by atoms with Crippen molar-refractivity contribution in [1.29, 1.82) is 0 Å². The zero-order valence-electron chi connectivity index (χ0n) is 22.8. The number of ketones is 1. The molecule has 0 aliphatic carbocycles. The summed E-state index contributed by atoms with van der Waals surface area (Å²) in [5.74, 6) is -1.52. The molecule has 0 radical (unpaired) electrons. The van der Waals surface area contributed by atoms with E-state index in [1.54, 1.807) is 18.2 Å². The highest BCUT2D eigenvalue weighted by Crippen LogP contribution is 2.29. The van der Waals surface area contributed by atoms with E-state index < -0.39 is 27.9 Å². The highest BCUT2D eigenvalue weighted by Gasteiger charge is 2.25. The van der Waals surface area contributed by atoms with Crippen LogP contribution in [0.15, 0.2) is 63.8 Å². The predicted octanol–water partition coefficient (Wildman–Crippen LogP) is 2.23. The van der Waals surface area contributed by atoms with E-state index in [4.69, 9.17) is 20.9 Å². The van der Waals surface area contributed by atoms with Gasteiger partial charge in [0.25, 0.3) is 15.9 Å². The van der Waals surface area contributed by atoms with Gasteiger partial charge in [0.15, 0.2) is 23.2 Å². The topological polar surface area (TPSA) is 212 Å². The molecule has 7 N–H and O–H groups in total. The van der Waals surface area contributed by atoms with Crippen LogP contribution in [0.3, 0.4) is 0 Å². The Morgan fingerprint density at radius 1 is 1.05 bits per heavy atom. The number of thiophene rings is 1. The lowest BCUT2D eigenvalue weighted by Crippen LogP contribution is -2.40. The van der Waals surface area contributed by atoms with Crippen molar-refractivity contribution in [2.75, 3.05) is 25.5 Å². The van der Waals surface area contributed by atoms with E-state index in [1.165, 1.54) is 49.9 Å². The average molecular weight is 618 g/mol. The second kappa shape index (κ2) is 14.3. The standard InChI is InChI=1S/C27H31N5O8S2/c1-39-22-9-8-16(14-23(22)40-2)13-21(33)17-5-3-6-18(15-17)42(37,38)32-19-10-12-41-24(19)25(34)31-20(26(35)36)7-4-11-30-27(28)29/h3,5-6,8-10,12,14-15,20,32H,4,7,11,13H2,1-2H3,(H,31,34)(H,35,36)(H4,28,29,30)/t20-/m0/s1. The molecule has 0 bridgehead atoms. The molecule has 0 saturated carbocycles. The summed E-state index contributed by atoms with van der Waals surface area (Å²) in [5, 5.41) is 13.4. The first-order valence-electron chi connectivity index (χ1n) is 12.5. The molecule has 1 heterocycles. The molecule has 15 heteroatoms. The summed E-state index contributed by atoms with van der Waals surface area (Å²) in [5.41, 5.74) is 11.3. The van der Waals surface area contributed by atoms with E-state index in [0.29, 0.717) is 23.5 Å². The SMILES string of the molecule is COc1ccc(CC(=O)c2cccc(S(=O)(=O)Nc3ccsc3C(=O)N[C@@H](CCCN=C(N)N)C(=O)O)c2)cc1OC. The van der Waals surface area contributed by atoms with Crippen molar-refractivity contribution in [1.82, 2.24) is 5.32 Å². The van der Waals surface area contributed by atoms with Crippen molar-refractivity contribution in [3.05, 3.63) is 69.9 Å². The Kier molecular flexibility index (Phi) is 10.9. The number of benzene rings is 2. The lowest BCUT2D eigenvalue weighted by molar-refractivity contribution is -0.139. The van der Waals surface area contributed by atoms with Crippen molar-refractivity contribution in [2.24, 2.45) is 16.5 Å². The number of carbonyl (C=O) groups excluding carboxylic acids is 2. The summed E-state index contributed by atoms with van der Waals surface area (Å²) >= 11 is 0.934. The van der Waals surface area contributed by atoms with Gasteiger partial charge in [-0.1, -0.05) is 18.2 Å². The highest BCUT2D eigenvalue weighted by molar-refractivity contribution is 7.92. The largest absolute Gasteiger partial charge is 0.493 e. The number of Topliss-reactive ketones (excluding diaryl/α,β-unsaturated/α-hetero) is 1. The van der Waals surface area contributed by atoms with Gasteiger partial charge in [0.2, 0.25) is 0 Å². The summed E-state index contributed by atoms with van der Waals surface area (Å²) in [6.07, 6.45) is 0.331. The second-order valence-electron chi connectivity index (χ2n) is 8.90. The van der Waals surface area contributed by atoms with Crippen LogP contribution in [0.25, 0.3) is 0 Å². The molecule has 0 fully saturated rings. The molecule has 1 aromatic heterocycles. The van der Waals surface area contributed by atoms with Crippen LogP contribution in [0.4, 0.5) is 5.69 Å². The average Bonchev–Trinajstić information content (AvgIpc) is 3.41. The summed E-state index contributed by atoms with van der Waals surface area (Å²) in [7, 11) is -1.24. The molecule has 0 aliphatic rings. The maximum absolute atomic E-state index is 13.2. The Morgan fingerprint density at radius 2 is 1.79 bits per heavy atom. The molecule has 3 aromatic rings. The van der Waals surface area contributed by atoms with E-state index in [0.717, 1.165) is 11.3 Å².